The molecule has 3 aromatic rings. The predicted molar refractivity (Wildman–Crippen MR) is 133 cm³/mol. The van der Waals surface area contributed by atoms with Crippen LogP contribution in [-0.2, 0) is 9.53 Å². The molecule has 1 aliphatic rings. The maximum absolute atomic E-state index is 13.1. The van der Waals surface area contributed by atoms with E-state index in [9.17, 15) is 9.59 Å². The molecule has 1 aliphatic heterocycles. The van der Waals surface area contributed by atoms with Crippen molar-refractivity contribution >= 4 is 46.7 Å². The van der Waals surface area contributed by atoms with Gasteiger partial charge in [0.25, 0.3) is 5.91 Å². The first-order chi connectivity index (χ1) is 16.4. The van der Waals surface area contributed by atoms with Gasteiger partial charge in [0.15, 0.2) is 6.10 Å². The Hall–Kier alpha value is -2.73. The molecule has 5 nitrogen and oxygen atoms in total. The molecule has 3 aromatic carbocycles. The fraction of sp³-hybridized carbons (Fsp3) is 0.231. The summed E-state index contributed by atoms with van der Waals surface area (Å²) in [4.78, 5) is 26.6. The molecule has 8 heteroatoms. The van der Waals surface area contributed by atoms with Crippen LogP contribution in [0, 0.1) is 0 Å². The van der Waals surface area contributed by atoms with E-state index in [0.29, 0.717) is 34.3 Å². The average molecular weight is 519 g/mol. The number of halogens is 3. The van der Waals surface area contributed by atoms with Crippen molar-refractivity contribution in [2.45, 2.75) is 25.0 Å². The number of hydrogen-bond donors (Lipinski definition) is 0. The summed E-state index contributed by atoms with van der Waals surface area (Å²) in [5.41, 5.74) is 1.97. The van der Waals surface area contributed by atoms with Crippen molar-refractivity contribution in [2.24, 2.45) is 0 Å². The molecule has 0 spiro atoms. The van der Waals surface area contributed by atoms with Crippen molar-refractivity contribution in [3.63, 3.8) is 0 Å². The molecular formula is C26H22Cl3NO4. The van der Waals surface area contributed by atoms with E-state index in [0.717, 1.165) is 17.5 Å². The van der Waals surface area contributed by atoms with Gasteiger partial charge >= 0.3 is 5.97 Å². The standard InChI is InChI=1S/C26H22Cl3NO4/c1-33-26(32)22-7-4-14-30(22)25(31)17-10-13-23(21(29)15-17)34-24(16-8-11-18(27)12-9-16)19-5-2-3-6-20(19)28/h2-3,5-6,8-13,15,22,24H,4,7,14H2,1H3. The Morgan fingerprint density at radius 2 is 1.71 bits per heavy atom. The maximum Gasteiger partial charge on any atom is 0.328 e. The van der Waals surface area contributed by atoms with Crippen LogP contribution in [0.2, 0.25) is 15.1 Å². The van der Waals surface area contributed by atoms with E-state index in [4.69, 9.17) is 44.3 Å². The van der Waals surface area contributed by atoms with Gasteiger partial charge < -0.3 is 14.4 Å². The zero-order valence-corrected chi connectivity index (χ0v) is 20.6. The first-order valence-electron chi connectivity index (χ1n) is 10.7. The molecule has 1 amide bonds. The van der Waals surface area contributed by atoms with Crippen molar-refractivity contribution < 1.29 is 19.1 Å². The highest BCUT2D eigenvalue weighted by atomic mass is 35.5. The number of esters is 1. The van der Waals surface area contributed by atoms with E-state index in [1.54, 1.807) is 36.4 Å². The van der Waals surface area contributed by atoms with E-state index in [-0.39, 0.29) is 10.9 Å². The lowest BCUT2D eigenvalue weighted by Crippen LogP contribution is -2.41. The van der Waals surface area contributed by atoms with Gasteiger partial charge in [0.1, 0.15) is 11.8 Å². The van der Waals surface area contributed by atoms with Crippen molar-refractivity contribution in [1.29, 1.82) is 0 Å². The Morgan fingerprint density at radius 1 is 0.971 bits per heavy atom. The number of carbonyl (C=O) groups excluding carboxylic acids is 2. The van der Waals surface area contributed by atoms with Crippen molar-refractivity contribution in [3.05, 3.63) is 98.5 Å². The molecule has 4 rings (SSSR count). The zero-order valence-electron chi connectivity index (χ0n) is 18.3. The molecule has 0 N–H and O–H groups in total. The van der Waals surface area contributed by atoms with Crippen LogP contribution in [0.5, 0.6) is 5.75 Å². The van der Waals surface area contributed by atoms with E-state index >= 15 is 0 Å². The quantitative estimate of drug-likeness (QED) is 0.345. The first kappa shape index (κ1) is 24.4. The van der Waals surface area contributed by atoms with Gasteiger partial charge in [0.05, 0.1) is 12.1 Å². The van der Waals surface area contributed by atoms with Gasteiger partial charge in [-0.05, 0) is 54.8 Å². The SMILES string of the molecule is COC(=O)C1CCCN1C(=O)c1ccc(OC(c2ccc(Cl)cc2)c2ccccc2Cl)c(Cl)c1. The second kappa shape index (κ2) is 10.7. The van der Waals surface area contributed by atoms with E-state index in [2.05, 4.69) is 0 Å². The molecule has 0 aliphatic carbocycles. The summed E-state index contributed by atoms with van der Waals surface area (Å²) in [5.74, 6) is -0.298. The third-order valence-corrected chi connectivity index (χ3v) is 6.66. The van der Waals surface area contributed by atoms with Gasteiger partial charge in [0.2, 0.25) is 0 Å². The van der Waals surface area contributed by atoms with Gasteiger partial charge in [-0.2, -0.15) is 0 Å². The highest BCUT2D eigenvalue weighted by Crippen LogP contribution is 2.36. The minimum Gasteiger partial charge on any atom is -0.479 e. The predicted octanol–water partition coefficient (Wildman–Crippen LogP) is 6.59. The number of benzene rings is 3. The lowest BCUT2D eigenvalue weighted by Gasteiger charge is -2.24. The summed E-state index contributed by atoms with van der Waals surface area (Å²) in [6.07, 6.45) is 0.766. The van der Waals surface area contributed by atoms with Crippen LogP contribution in [0.25, 0.3) is 0 Å². The Morgan fingerprint density at radius 3 is 2.38 bits per heavy atom. The van der Waals surface area contributed by atoms with E-state index < -0.39 is 18.1 Å². The lowest BCUT2D eigenvalue weighted by molar-refractivity contribution is -0.145. The number of nitrogens with zero attached hydrogens (tertiary/aromatic N) is 1. The van der Waals surface area contributed by atoms with E-state index in [1.807, 2.05) is 30.3 Å². The van der Waals surface area contributed by atoms with Gasteiger partial charge in [-0.25, -0.2) is 4.79 Å². The summed E-state index contributed by atoms with van der Waals surface area (Å²) < 4.78 is 11.2. The van der Waals surface area contributed by atoms with Gasteiger partial charge in [-0.15, -0.1) is 0 Å². The molecule has 1 fully saturated rings. The molecule has 0 aromatic heterocycles. The lowest BCUT2D eigenvalue weighted by atomic mass is 10.0. The van der Waals surface area contributed by atoms with E-state index in [1.165, 1.54) is 12.0 Å². The fourth-order valence-electron chi connectivity index (χ4n) is 4.05. The van der Waals surface area contributed by atoms with Crippen LogP contribution in [0.3, 0.4) is 0 Å². The topological polar surface area (TPSA) is 55.8 Å². The Bertz CT molecular complexity index is 1200. The molecule has 0 bridgehead atoms. The number of amides is 1. The molecular weight excluding hydrogens is 497 g/mol. The molecule has 176 valence electrons. The molecule has 34 heavy (non-hydrogen) atoms. The van der Waals surface area contributed by atoms with Crippen molar-refractivity contribution in [3.8, 4) is 5.75 Å². The third-order valence-electron chi connectivity index (χ3n) is 5.77. The van der Waals surface area contributed by atoms with Gasteiger partial charge in [-0.1, -0.05) is 65.1 Å². The highest BCUT2D eigenvalue weighted by Gasteiger charge is 2.35. The normalized spacial score (nSPS) is 16.2. The summed E-state index contributed by atoms with van der Waals surface area (Å²) in [6, 6.07) is 18.9. The minimum absolute atomic E-state index is 0.269. The Kier molecular flexibility index (Phi) is 7.67. The molecule has 0 saturated carbocycles. The van der Waals surface area contributed by atoms with Crippen molar-refractivity contribution in [2.75, 3.05) is 13.7 Å². The molecule has 2 unspecified atom stereocenters. The average Bonchev–Trinajstić information content (AvgIpc) is 3.33. The fourth-order valence-corrected chi connectivity index (χ4v) is 4.64. The maximum atomic E-state index is 13.1. The molecule has 0 radical (unpaired) electrons. The van der Waals surface area contributed by atoms with Crippen molar-refractivity contribution in [1.82, 2.24) is 4.90 Å². The first-order valence-corrected chi connectivity index (χ1v) is 11.9. The number of hydrogen-bond acceptors (Lipinski definition) is 4. The summed E-state index contributed by atoms with van der Waals surface area (Å²) in [6.45, 7) is 0.486. The monoisotopic (exact) mass is 517 g/mol. The van der Waals surface area contributed by atoms with Gasteiger partial charge in [0, 0.05) is 27.7 Å². The minimum atomic E-state index is -0.582. The largest absolute Gasteiger partial charge is 0.479 e. The summed E-state index contributed by atoms with van der Waals surface area (Å²) >= 11 is 19.1. The van der Waals surface area contributed by atoms with Gasteiger partial charge in [-0.3, -0.25) is 4.79 Å². The summed E-state index contributed by atoms with van der Waals surface area (Å²) in [7, 11) is 1.32. The molecule has 2 atom stereocenters. The number of carbonyl (C=O) groups is 2. The second-order valence-corrected chi connectivity index (χ2v) is 9.15. The number of likely N-dealkylation sites (tertiary alicyclic amines) is 1. The van der Waals surface area contributed by atoms with Crippen LogP contribution >= 0.6 is 34.8 Å². The van der Waals surface area contributed by atoms with Crippen LogP contribution in [0.1, 0.15) is 40.4 Å². The molecule has 1 heterocycles. The second-order valence-electron chi connectivity index (χ2n) is 7.90. The zero-order chi connectivity index (χ0) is 24.2. The van der Waals surface area contributed by atoms with Crippen LogP contribution in [0.15, 0.2) is 66.7 Å². The van der Waals surface area contributed by atoms with Crippen LogP contribution < -0.4 is 4.74 Å². The summed E-state index contributed by atoms with van der Waals surface area (Å²) in [5, 5.41) is 1.42. The third kappa shape index (κ3) is 5.17. The Labute approximate surface area is 213 Å². The number of methoxy groups -OCH3 is 1. The number of ether oxygens (including phenoxy) is 2. The Balaban J connectivity index is 1.62. The number of rotatable bonds is 6. The molecule has 1 saturated heterocycles. The van der Waals surface area contributed by atoms with Crippen LogP contribution in [-0.4, -0.2) is 36.5 Å². The van der Waals surface area contributed by atoms with Crippen LogP contribution in [0.4, 0.5) is 0 Å². The highest BCUT2D eigenvalue weighted by molar-refractivity contribution is 6.32. The smallest absolute Gasteiger partial charge is 0.328 e.